The maximum Gasteiger partial charge on any atom is 0.226 e. The normalized spacial score (nSPS) is 21.9. The highest BCUT2D eigenvalue weighted by Gasteiger charge is 2.36. The highest BCUT2D eigenvalue weighted by molar-refractivity contribution is 5.88. The van der Waals surface area contributed by atoms with Crippen LogP contribution in [0.5, 0.6) is 5.75 Å². The van der Waals surface area contributed by atoms with E-state index in [4.69, 9.17) is 4.74 Å². The van der Waals surface area contributed by atoms with Gasteiger partial charge in [-0.25, -0.2) is 0 Å². The molecule has 1 amide bonds. The van der Waals surface area contributed by atoms with E-state index in [0.29, 0.717) is 11.9 Å². The van der Waals surface area contributed by atoms with Crippen LogP contribution in [-0.2, 0) is 11.2 Å². The molecule has 0 N–H and O–H groups in total. The Balaban J connectivity index is 1.56. The van der Waals surface area contributed by atoms with Crippen molar-refractivity contribution >= 4 is 16.7 Å². The lowest BCUT2D eigenvalue weighted by atomic mass is 9.92. The molecule has 2 fully saturated rings. The number of carbonyl (C=O) groups is 1. The monoisotopic (exact) mass is 337 g/mol. The van der Waals surface area contributed by atoms with Gasteiger partial charge in [0.15, 0.2) is 0 Å². The molecule has 0 spiro atoms. The van der Waals surface area contributed by atoms with Crippen molar-refractivity contribution in [1.29, 1.82) is 0 Å². The van der Waals surface area contributed by atoms with E-state index in [1.807, 2.05) is 0 Å². The molecule has 1 aliphatic heterocycles. The fourth-order valence-corrected chi connectivity index (χ4v) is 4.62. The predicted molar refractivity (Wildman–Crippen MR) is 101 cm³/mol. The predicted octanol–water partition coefficient (Wildman–Crippen LogP) is 4.57. The van der Waals surface area contributed by atoms with E-state index in [1.165, 1.54) is 48.4 Å². The van der Waals surface area contributed by atoms with E-state index in [-0.39, 0.29) is 5.92 Å². The lowest BCUT2D eigenvalue weighted by Crippen LogP contribution is -2.39. The van der Waals surface area contributed by atoms with Gasteiger partial charge in [0.25, 0.3) is 0 Å². The first-order valence-electron chi connectivity index (χ1n) is 9.62. The smallest absolute Gasteiger partial charge is 0.226 e. The Kier molecular flexibility index (Phi) is 4.65. The first-order valence-corrected chi connectivity index (χ1v) is 9.62. The van der Waals surface area contributed by atoms with Crippen molar-refractivity contribution in [2.45, 2.75) is 51.0 Å². The topological polar surface area (TPSA) is 29.5 Å². The Labute approximate surface area is 150 Å². The molecule has 1 aliphatic carbocycles. The number of likely N-dealkylation sites (tertiary alicyclic amines) is 1. The van der Waals surface area contributed by atoms with Crippen LogP contribution in [0.2, 0.25) is 0 Å². The molecule has 2 aromatic rings. The van der Waals surface area contributed by atoms with Crippen molar-refractivity contribution in [3.63, 3.8) is 0 Å². The quantitative estimate of drug-likeness (QED) is 0.818. The third-order valence-electron chi connectivity index (χ3n) is 5.99. The van der Waals surface area contributed by atoms with Crippen LogP contribution in [-0.4, -0.2) is 30.5 Å². The molecule has 4 rings (SSSR count). The molecular weight excluding hydrogens is 310 g/mol. The van der Waals surface area contributed by atoms with Crippen LogP contribution < -0.4 is 4.74 Å². The average Bonchev–Trinajstić information content (AvgIpc) is 3.02. The summed E-state index contributed by atoms with van der Waals surface area (Å²) in [6, 6.07) is 13.1. The maximum absolute atomic E-state index is 13.0. The number of ether oxygens (including phenoxy) is 1. The molecule has 2 aromatic carbocycles. The summed E-state index contributed by atoms with van der Waals surface area (Å²) >= 11 is 0. The van der Waals surface area contributed by atoms with E-state index in [1.54, 1.807) is 7.11 Å². The molecule has 25 heavy (non-hydrogen) atoms. The Morgan fingerprint density at radius 1 is 1.08 bits per heavy atom. The number of hydrogen-bond acceptors (Lipinski definition) is 2. The Hall–Kier alpha value is -2.03. The molecule has 132 valence electrons. The summed E-state index contributed by atoms with van der Waals surface area (Å²) in [6.07, 6.45) is 8.08. The summed E-state index contributed by atoms with van der Waals surface area (Å²) in [4.78, 5) is 15.2. The first kappa shape index (κ1) is 16.4. The third kappa shape index (κ3) is 3.24. The zero-order chi connectivity index (χ0) is 17.2. The van der Waals surface area contributed by atoms with Gasteiger partial charge in [-0.05, 0) is 54.2 Å². The van der Waals surface area contributed by atoms with Gasteiger partial charge >= 0.3 is 0 Å². The second kappa shape index (κ2) is 7.07. The van der Waals surface area contributed by atoms with Crippen molar-refractivity contribution in [2.24, 2.45) is 5.92 Å². The Morgan fingerprint density at radius 2 is 1.88 bits per heavy atom. The van der Waals surface area contributed by atoms with Crippen LogP contribution in [0.4, 0.5) is 0 Å². The summed E-state index contributed by atoms with van der Waals surface area (Å²) in [5, 5.41) is 2.43. The van der Waals surface area contributed by atoms with E-state index in [9.17, 15) is 4.79 Å². The van der Waals surface area contributed by atoms with Crippen LogP contribution in [0.25, 0.3) is 10.8 Å². The average molecular weight is 337 g/mol. The minimum absolute atomic E-state index is 0.123. The summed E-state index contributed by atoms with van der Waals surface area (Å²) in [5.41, 5.74) is 1.23. The van der Waals surface area contributed by atoms with Gasteiger partial charge in [0.05, 0.1) is 7.11 Å². The molecule has 1 heterocycles. The second-order valence-electron chi connectivity index (χ2n) is 7.52. The summed E-state index contributed by atoms with van der Waals surface area (Å²) in [7, 11) is 1.71. The van der Waals surface area contributed by atoms with Crippen molar-refractivity contribution in [2.75, 3.05) is 13.7 Å². The molecule has 3 nitrogen and oxygen atoms in total. The van der Waals surface area contributed by atoms with Gasteiger partial charge in [0.2, 0.25) is 5.91 Å². The van der Waals surface area contributed by atoms with Crippen LogP contribution in [0.1, 0.15) is 44.1 Å². The van der Waals surface area contributed by atoms with Crippen molar-refractivity contribution in [1.82, 2.24) is 4.90 Å². The lowest BCUT2D eigenvalue weighted by Gasteiger charge is -2.31. The van der Waals surface area contributed by atoms with Gasteiger partial charge in [-0.2, -0.15) is 0 Å². The molecule has 1 unspecified atom stereocenters. The summed E-state index contributed by atoms with van der Waals surface area (Å²) < 4.78 is 5.48. The zero-order valence-electron chi connectivity index (χ0n) is 15.0. The standard InChI is InChI=1S/C22H27NO2/c1-25-20-14-16-7-5-6-10-21(16)18(15-20)13-17-11-12-23(22(17)24)19-8-3-2-4-9-19/h5-7,10,14-15,17,19H,2-4,8-9,11-13H2,1H3. The molecule has 0 bridgehead atoms. The largest absolute Gasteiger partial charge is 0.497 e. The van der Waals surface area contributed by atoms with E-state index >= 15 is 0 Å². The molecule has 0 aromatic heterocycles. The summed E-state index contributed by atoms with van der Waals surface area (Å²) in [6.45, 7) is 0.941. The van der Waals surface area contributed by atoms with Gasteiger partial charge in [-0.15, -0.1) is 0 Å². The molecule has 1 atom stereocenters. The fraction of sp³-hybridized carbons (Fsp3) is 0.500. The van der Waals surface area contributed by atoms with E-state index in [2.05, 4.69) is 41.3 Å². The molecule has 3 heteroatoms. The van der Waals surface area contributed by atoms with Crippen molar-refractivity contribution in [3.05, 3.63) is 42.0 Å². The number of fused-ring (bicyclic) bond motifs is 1. The minimum atomic E-state index is 0.123. The fourth-order valence-electron chi connectivity index (χ4n) is 4.62. The van der Waals surface area contributed by atoms with Crippen molar-refractivity contribution in [3.8, 4) is 5.75 Å². The third-order valence-corrected chi connectivity index (χ3v) is 5.99. The lowest BCUT2D eigenvalue weighted by molar-refractivity contribution is -0.133. The van der Waals surface area contributed by atoms with Crippen LogP contribution in [0, 0.1) is 5.92 Å². The number of nitrogens with zero attached hydrogens (tertiary/aromatic N) is 1. The Bertz CT molecular complexity index is 764. The van der Waals surface area contributed by atoms with Gasteiger partial charge in [0.1, 0.15) is 5.75 Å². The number of methoxy groups -OCH3 is 1. The zero-order valence-corrected chi connectivity index (χ0v) is 15.0. The molecule has 1 saturated heterocycles. The maximum atomic E-state index is 13.0. The van der Waals surface area contributed by atoms with E-state index in [0.717, 1.165) is 25.1 Å². The van der Waals surface area contributed by atoms with Gasteiger partial charge in [-0.3, -0.25) is 4.79 Å². The number of amides is 1. The summed E-state index contributed by atoms with van der Waals surface area (Å²) in [5.74, 6) is 1.37. The molecule has 0 radical (unpaired) electrons. The van der Waals surface area contributed by atoms with Crippen LogP contribution in [0.3, 0.4) is 0 Å². The molecule has 2 aliphatic rings. The highest BCUT2D eigenvalue weighted by Crippen LogP contribution is 2.33. The first-order chi connectivity index (χ1) is 12.3. The number of rotatable bonds is 4. The second-order valence-corrected chi connectivity index (χ2v) is 7.52. The van der Waals surface area contributed by atoms with Gasteiger partial charge < -0.3 is 9.64 Å². The van der Waals surface area contributed by atoms with Crippen LogP contribution >= 0.6 is 0 Å². The number of carbonyl (C=O) groups excluding carboxylic acids is 1. The van der Waals surface area contributed by atoms with Crippen molar-refractivity contribution < 1.29 is 9.53 Å². The number of benzene rings is 2. The van der Waals surface area contributed by atoms with Crippen LogP contribution in [0.15, 0.2) is 36.4 Å². The SMILES string of the molecule is COc1cc(CC2CCN(C3CCCCC3)C2=O)c2ccccc2c1. The van der Waals surface area contributed by atoms with Gasteiger partial charge in [-0.1, -0.05) is 43.5 Å². The van der Waals surface area contributed by atoms with Gasteiger partial charge in [0, 0.05) is 18.5 Å². The molecular formula is C22H27NO2. The Morgan fingerprint density at radius 3 is 2.68 bits per heavy atom. The number of hydrogen-bond donors (Lipinski definition) is 0. The van der Waals surface area contributed by atoms with E-state index < -0.39 is 0 Å². The highest BCUT2D eigenvalue weighted by atomic mass is 16.5. The minimum Gasteiger partial charge on any atom is -0.497 e. The molecule has 1 saturated carbocycles.